The summed E-state index contributed by atoms with van der Waals surface area (Å²) >= 11 is 0. The Balaban J connectivity index is 4.84. The first-order valence-corrected chi connectivity index (χ1v) is 26.0. The number of rotatable bonds is 44. The third-order valence-electron chi connectivity index (χ3n) is 10.9. The van der Waals surface area contributed by atoms with Crippen molar-refractivity contribution in [2.24, 2.45) is 0 Å². The molecular weight excluding hydrogens is 803 g/mol. The van der Waals surface area contributed by atoms with Gasteiger partial charge in [0, 0.05) is 12.8 Å². The molecule has 0 aromatic heterocycles. The van der Waals surface area contributed by atoms with Crippen LogP contribution in [-0.4, -0.2) is 46.9 Å². The van der Waals surface area contributed by atoms with Crippen molar-refractivity contribution in [1.29, 1.82) is 0 Å². The third-order valence-corrected chi connectivity index (χ3v) is 10.9. The Morgan fingerprint density at radius 3 is 1.42 bits per heavy atom. The highest BCUT2D eigenvalue weighted by molar-refractivity contribution is 5.77. The van der Waals surface area contributed by atoms with Gasteiger partial charge >= 0.3 is 5.97 Å². The molecule has 0 rings (SSSR count). The number of hydrogen-bond donors (Lipinski definition) is 3. The van der Waals surface area contributed by atoms with Crippen LogP contribution >= 0.6 is 0 Å². The van der Waals surface area contributed by atoms with Crippen LogP contribution < -0.4 is 5.32 Å². The lowest BCUT2D eigenvalue weighted by Crippen LogP contribution is -2.46. The molecule has 6 nitrogen and oxygen atoms in total. The van der Waals surface area contributed by atoms with Crippen LogP contribution in [-0.2, 0) is 14.3 Å². The molecule has 65 heavy (non-hydrogen) atoms. The van der Waals surface area contributed by atoms with Crippen LogP contribution in [0.15, 0.2) is 134 Å². The van der Waals surface area contributed by atoms with E-state index in [2.05, 4.69) is 86.8 Å². The monoisotopic (exact) mass is 898 g/mol. The van der Waals surface area contributed by atoms with Gasteiger partial charge in [0.15, 0.2) is 0 Å². The fourth-order valence-electron chi connectivity index (χ4n) is 7.01. The molecule has 0 saturated heterocycles. The number of allylic oxidation sites excluding steroid dienone is 21. The van der Waals surface area contributed by atoms with Gasteiger partial charge in [-0.05, 0) is 64.2 Å². The maximum atomic E-state index is 13.2. The minimum Gasteiger partial charge on any atom is -0.461 e. The van der Waals surface area contributed by atoms with Crippen molar-refractivity contribution in [3.63, 3.8) is 0 Å². The van der Waals surface area contributed by atoms with E-state index in [9.17, 15) is 19.8 Å². The van der Waals surface area contributed by atoms with Gasteiger partial charge in [0.2, 0.25) is 5.91 Å². The third kappa shape index (κ3) is 46.3. The van der Waals surface area contributed by atoms with E-state index in [4.69, 9.17) is 4.74 Å². The fourth-order valence-corrected chi connectivity index (χ4v) is 7.01. The SMILES string of the molecule is CC\C=C/C=C/C=C/C=C\C=C\C=C\CCCCCC(=O)OC(C/C=C\C/C=C\C/C=C\C/C=C\C/C=C\CC)CC(=O)NC(CO)C(O)CCCCCCCCCCCCCCCC. The number of carbonyl (C=O) groups excluding carboxylic acids is 2. The second kappa shape index (κ2) is 51.0. The van der Waals surface area contributed by atoms with Crippen molar-refractivity contribution in [3.05, 3.63) is 134 Å². The van der Waals surface area contributed by atoms with Gasteiger partial charge in [-0.1, -0.05) is 251 Å². The topological polar surface area (TPSA) is 95.9 Å². The van der Waals surface area contributed by atoms with Gasteiger partial charge in [-0.2, -0.15) is 0 Å². The van der Waals surface area contributed by atoms with Crippen LogP contribution in [0.3, 0.4) is 0 Å². The predicted molar refractivity (Wildman–Crippen MR) is 282 cm³/mol. The van der Waals surface area contributed by atoms with Crippen molar-refractivity contribution in [2.45, 2.75) is 219 Å². The Kier molecular flexibility index (Phi) is 47.9. The molecule has 0 aromatic rings. The van der Waals surface area contributed by atoms with Gasteiger partial charge in [-0.25, -0.2) is 0 Å². The molecule has 0 heterocycles. The maximum Gasteiger partial charge on any atom is 0.306 e. The van der Waals surface area contributed by atoms with E-state index < -0.39 is 18.2 Å². The number of hydrogen-bond acceptors (Lipinski definition) is 5. The van der Waals surface area contributed by atoms with Crippen LogP contribution in [0.1, 0.15) is 201 Å². The molecule has 3 unspecified atom stereocenters. The van der Waals surface area contributed by atoms with E-state index in [1.807, 2.05) is 72.9 Å². The van der Waals surface area contributed by atoms with Gasteiger partial charge in [0.1, 0.15) is 6.10 Å². The number of amides is 1. The zero-order valence-electron chi connectivity index (χ0n) is 41.6. The first-order valence-electron chi connectivity index (χ1n) is 26.0. The number of esters is 1. The fraction of sp³-hybridized carbons (Fsp3) is 0.593. The number of carbonyl (C=O) groups is 2. The van der Waals surface area contributed by atoms with E-state index >= 15 is 0 Å². The minimum absolute atomic E-state index is 0.0282. The Morgan fingerprint density at radius 2 is 0.923 bits per heavy atom. The molecule has 6 heteroatoms. The summed E-state index contributed by atoms with van der Waals surface area (Å²) in [7, 11) is 0. The lowest BCUT2D eigenvalue weighted by Gasteiger charge is -2.24. The molecule has 0 aliphatic carbocycles. The number of ether oxygens (including phenoxy) is 1. The molecule has 3 N–H and O–H groups in total. The van der Waals surface area contributed by atoms with Crippen molar-refractivity contribution in [3.8, 4) is 0 Å². The van der Waals surface area contributed by atoms with Crippen LogP contribution in [0.25, 0.3) is 0 Å². The zero-order chi connectivity index (χ0) is 47.4. The van der Waals surface area contributed by atoms with Gasteiger partial charge in [0.25, 0.3) is 0 Å². The molecule has 0 fully saturated rings. The highest BCUT2D eigenvalue weighted by Crippen LogP contribution is 2.16. The Hall–Kier alpha value is -4.00. The quantitative estimate of drug-likeness (QED) is 0.0245. The summed E-state index contributed by atoms with van der Waals surface area (Å²) in [6.45, 7) is 6.17. The summed E-state index contributed by atoms with van der Waals surface area (Å²) < 4.78 is 5.85. The van der Waals surface area contributed by atoms with Crippen LogP contribution in [0, 0.1) is 0 Å². The molecule has 0 aliphatic heterocycles. The summed E-state index contributed by atoms with van der Waals surface area (Å²) in [4.78, 5) is 26.1. The van der Waals surface area contributed by atoms with E-state index in [0.717, 1.165) is 83.5 Å². The second-order valence-corrected chi connectivity index (χ2v) is 17.0. The van der Waals surface area contributed by atoms with Gasteiger partial charge in [-0.3, -0.25) is 9.59 Å². The number of aliphatic hydroxyl groups excluding tert-OH is 2. The van der Waals surface area contributed by atoms with Crippen LogP contribution in [0.2, 0.25) is 0 Å². The molecule has 0 spiro atoms. The Bertz CT molecular complexity index is 1420. The minimum atomic E-state index is -0.829. The lowest BCUT2D eigenvalue weighted by atomic mass is 10.0. The summed E-state index contributed by atoms with van der Waals surface area (Å²) in [5.41, 5.74) is 0. The number of aliphatic hydroxyl groups is 2. The molecule has 0 saturated carbocycles. The lowest BCUT2D eigenvalue weighted by molar-refractivity contribution is -0.150. The largest absolute Gasteiger partial charge is 0.461 e. The molecule has 0 radical (unpaired) electrons. The normalized spacial score (nSPS) is 14.4. The van der Waals surface area contributed by atoms with Crippen LogP contribution in [0.4, 0.5) is 0 Å². The molecule has 0 bridgehead atoms. The highest BCUT2D eigenvalue weighted by atomic mass is 16.5. The molecule has 0 aromatic carbocycles. The number of nitrogens with one attached hydrogen (secondary N) is 1. The molecular formula is C59H95NO5. The van der Waals surface area contributed by atoms with Gasteiger partial charge < -0.3 is 20.3 Å². The Morgan fingerprint density at radius 1 is 0.492 bits per heavy atom. The smallest absolute Gasteiger partial charge is 0.306 e. The second-order valence-electron chi connectivity index (χ2n) is 17.0. The summed E-state index contributed by atoms with van der Waals surface area (Å²) in [5, 5.41) is 23.7. The van der Waals surface area contributed by atoms with E-state index in [-0.39, 0.29) is 24.9 Å². The first kappa shape index (κ1) is 61.0. The van der Waals surface area contributed by atoms with E-state index in [0.29, 0.717) is 19.3 Å². The summed E-state index contributed by atoms with van der Waals surface area (Å²) in [6.07, 6.45) is 72.3. The first-order chi connectivity index (χ1) is 32.0. The summed E-state index contributed by atoms with van der Waals surface area (Å²) in [6, 6.07) is -0.752. The number of unbranched alkanes of at least 4 members (excludes halogenated alkanes) is 16. The maximum absolute atomic E-state index is 13.2. The van der Waals surface area contributed by atoms with Crippen molar-refractivity contribution in [1.82, 2.24) is 5.32 Å². The average molecular weight is 898 g/mol. The standard InChI is InChI=1S/C59H95NO5/c1-4-7-10-13-16-19-22-25-28-29-31-34-37-40-43-46-49-52-59(64)65-55(50-47-44-41-38-35-32-30-26-23-20-17-14-11-8-5-2)53-58(63)60-56(54-61)57(62)51-48-45-42-39-36-33-27-24-21-18-15-12-9-6-3/h7-8,10-11,13,16-17,19-20,22,25-26,28-31,34-35,37-38,44,47,55-57,61-62H,4-6,9,12,14-15,18,21,23-24,27,32-33,36,39-43,45-46,48-54H2,1-3H3,(H,60,63)/b10-7-,11-8-,16-13+,20-17-,22-19+,28-25-,30-26-,31-29+,37-34+,38-35-,47-44-. The highest BCUT2D eigenvalue weighted by Gasteiger charge is 2.23. The Labute approximate surface area is 399 Å². The van der Waals surface area contributed by atoms with Crippen molar-refractivity contribution >= 4 is 11.9 Å². The van der Waals surface area contributed by atoms with Gasteiger partial charge in [-0.15, -0.1) is 0 Å². The van der Waals surface area contributed by atoms with E-state index in [1.165, 1.54) is 70.6 Å². The van der Waals surface area contributed by atoms with Crippen molar-refractivity contribution < 1.29 is 24.5 Å². The molecule has 0 aliphatic rings. The van der Waals surface area contributed by atoms with Crippen LogP contribution in [0.5, 0.6) is 0 Å². The van der Waals surface area contributed by atoms with Crippen molar-refractivity contribution in [2.75, 3.05) is 6.61 Å². The van der Waals surface area contributed by atoms with Gasteiger partial charge in [0.05, 0.1) is 25.2 Å². The molecule has 3 atom stereocenters. The average Bonchev–Trinajstić information content (AvgIpc) is 3.30. The van der Waals surface area contributed by atoms with E-state index in [1.54, 1.807) is 0 Å². The zero-order valence-corrected chi connectivity index (χ0v) is 41.6. The summed E-state index contributed by atoms with van der Waals surface area (Å²) in [5.74, 6) is -0.645. The predicted octanol–water partition coefficient (Wildman–Crippen LogP) is 15.8. The molecule has 1 amide bonds. The molecule has 366 valence electrons.